The number of benzene rings is 1. The Morgan fingerprint density at radius 2 is 1.88 bits per heavy atom. The number of hydrogen-bond acceptors (Lipinski definition) is 5. The number of anilines is 1. The summed E-state index contributed by atoms with van der Waals surface area (Å²) in [4.78, 5) is 11.1. The maximum absolute atomic E-state index is 13.0. The molecule has 0 aliphatic carbocycles. The van der Waals surface area contributed by atoms with Crippen LogP contribution in [0.2, 0.25) is 0 Å². The number of alkyl halides is 3. The van der Waals surface area contributed by atoms with Gasteiger partial charge in [0.1, 0.15) is 0 Å². The Morgan fingerprint density at radius 1 is 1.08 bits per heavy atom. The first kappa shape index (κ1) is 15.9. The Morgan fingerprint density at radius 3 is 2.58 bits per heavy atom. The molecule has 1 aromatic carbocycles. The van der Waals surface area contributed by atoms with Crippen molar-refractivity contribution in [2.75, 3.05) is 5.43 Å². The minimum absolute atomic E-state index is 0.00355. The first-order valence-corrected chi connectivity index (χ1v) is 7.00. The van der Waals surface area contributed by atoms with Crippen molar-refractivity contribution >= 4 is 22.4 Å². The fourth-order valence-corrected chi connectivity index (χ4v) is 2.07. The van der Waals surface area contributed by atoms with Crippen LogP contribution in [0.4, 0.5) is 19.0 Å². The van der Waals surface area contributed by atoms with Gasteiger partial charge < -0.3 is 0 Å². The fraction of sp³-hybridized carbons (Fsp3) is 0.125. The quantitative estimate of drug-likeness (QED) is 0.584. The van der Waals surface area contributed by atoms with Crippen molar-refractivity contribution in [2.24, 2.45) is 5.10 Å². The summed E-state index contributed by atoms with van der Waals surface area (Å²) in [6.45, 7) is 1.72. The Labute approximate surface area is 135 Å². The van der Waals surface area contributed by atoms with Crippen molar-refractivity contribution in [1.29, 1.82) is 0 Å². The summed E-state index contributed by atoms with van der Waals surface area (Å²) in [5, 5.41) is 4.56. The van der Waals surface area contributed by atoms with Gasteiger partial charge in [-0.05, 0) is 25.1 Å². The maximum atomic E-state index is 13.0. The van der Waals surface area contributed by atoms with E-state index in [2.05, 4.69) is 25.5 Å². The van der Waals surface area contributed by atoms with Crippen molar-refractivity contribution in [3.05, 3.63) is 60.2 Å². The van der Waals surface area contributed by atoms with E-state index in [1.165, 1.54) is 6.07 Å². The van der Waals surface area contributed by atoms with Gasteiger partial charge in [-0.15, -0.1) is 0 Å². The van der Waals surface area contributed by atoms with E-state index in [1.807, 2.05) is 0 Å². The Kier molecular flexibility index (Phi) is 4.11. The van der Waals surface area contributed by atoms with Gasteiger partial charge in [0, 0.05) is 23.3 Å². The molecule has 2 heterocycles. The molecule has 0 unspecified atom stereocenters. The van der Waals surface area contributed by atoms with E-state index in [-0.39, 0.29) is 11.3 Å². The number of hydrazone groups is 1. The SMILES string of the molecule is C/C(=N/Nc1nc(C(F)(F)F)nc2ccccc12)c1cccnc1. The number of nitrogens with one attached hydrogen (secondary N) is 1. The van der Waals surface area contributed by atoms with E-state index in [0.29, 0.717) is 11.1 Å². The highest BCUT2D eigenvalue weighted by Gasteiger charge is 2.35. The molecule has 0 fully saturated rings. The molecular formula is C16H12F3N5. The largest absolute Gasteiger partial charge is 0.451 e. The summed E-state index contributed by atoms with van der Waals surface area (Å²) in [6, 6.07) is 9.98. The van der Waals surface area contributed by atoms with Crippen molar-refractivity contribution in [2.45, 2.75) is 13.1 Å². The van der Waals surface area contributed by atoms with Gasteiger partial charge in [0.05, 0.1) is 11.2 Å². The van der Waals surface area contributed by atoms with E-state index in [4.69, 9.17) is 0 Å². The second kappa shape index (κ2) is 6.23. The Hall–Kier alpha value is -3.03. The Bertz CT molecular complexity index is 891. The van der Waals surface area contributed by atoms with Crippen LogP contribution in [0.15, 0.2) is 53.9 Å². The third-order valence-electron chi connectivity index (χ3n) is 3.27. The number of pyridine rings is 1. The highest BCUT2D eigenvalue weighted by atomic mass is 19.4. The number of nitrogens with zero attached hydrogens (tertiary/aromatic N) is 4. The number of aromatic nitrogens is 3. The lowest BCUT2D eigenvalue weighted by Crippen LogP contribution is -2.13. The zero-order chi connectivity index (χ0) is 17.2. The lowest BCUT2D eigenvalue weighted by Gasteiger charge is -2.10. The molecule has 5 nitrogen and oxygen atoms in total. The third kappa shape index (κ3) is 3.32. The lowest BCUT2D eigenvalue weighted by atomic mass is 10.2. The summed E-state index contributed by atoms with van der Waals surface area (Å²) in [5.41, 5.74) is 4.12. The molecular weight excluding hydrogens is 319 g/mol. The molecule has 122 valence electrons. The van der Waals surface area contributed by atoms with Crippen LogP contribution in [0, 0.1) is 0 Å². The standard InChI is InChI=1S/C16H12F3N5/c1-10(11-5-4-8-20-9-11)23-24-14-12-6-2-3-7-13(12)21-15(22-14)16(17,18)19/h2-9H,1H3,(H,21,22,24)/b23-10-. The molecule has 3 aromatic rings. The number of hydrogen-bond donors (Lipinski definition) is 1. The highest BCUT2D eigenvalue weighted by molar-refractivity contribution is 5.99. The van der Waals surface area contributed by atoms with Crippen LogP contribution in [0.5, 0.6) is 0 Å². The van der Waals surface area contributed by atoms with E-state index in [0.717, 1.165) is 5.56 Å². The number of fused-ring (bicyclic) bond motifs is 1. The van der Waals surface area contributed by atoms with Crippen molar-refractivity contribution in [1.82, 2.24) is 15.0 Å². The fourth-order valence-electron chi connectivity index (χ4n) is 2.07. The molecule has 0 amide bonds. The minimum Gasteiger partial charge on any atom is -0.264 e. The third-order valence-corrected chi connectivity index (χ3v) is 3.27. The van der Waals surface area contributed by atoms with Gasteiger partial charge in [-0.1, -0.05) is 18.2 Å². The molecule has 0 aliphatic heterocycles. The van der Waals surface area contributed by atoms with Crippen LogP contribution in [0.25, 0.3) is 10.9 Å². The molecule has 0 saturated carbocycles. The van der Waals surface area contributed by atoms with Gasteiger partial charge >= 0.3 is 6.18 Å². The summed E-state index contributed by atoms with van der Waals surface area (Å²) in [5.74, 6) is -1.21. The van der Waals surface area contributed by atoms with Crippen LogP contribution < -0.4 is 5.43 Å². The average molecular weight is 331 g/mol. The molecule has 0 saturated heterocycles. The summed E-state index contributed by atoms with van der Waals surface area (Å²) in [6.07, 6.45) is -1.40. The van der Waals surface area contributed by atoms with E-state index >= 15 is 0 Å². The highest BCUT2D eigenvalue weighted by Crippen LogP contribution is 2.30. The van der Waals surface area contributed by atoms with Crippen molar-refractivity contribution in [3.63, 3.8) is 0 Å². The minimum atomic E-state index is -4.64. The molecule has 0 radical (unpaired) electrons. The molecule has 24 heavy (non-hydrogen) atoms. The smallest absolute Gasteiger partial charge is 0.264 e. The van der Waals surface area contributed by atoms with Crippen LogP contribution >= 0.6 is 0 Å². The number of rotatable bonds is 3. The second-order valence-electron chi connectivity index (χ2n) is 4.96. The molecule has 0 spiro atoms. The van der Waals surface area contributed by atoms with Crippen molar-refractivity contribution < 1.29 is 13.2 Å². The first-order chi connectivity index (χ1) is 11.4. The molecule has 0 atom stereocenters. The predicted octanol–water partition coefficient (Wildman–Crippen LogP) is 3.88. The molecule has 3 rings (SSSR count). The van der Waals surface area contributed by atoms with Gasteiger partial charge in [-0.2, -0.15) is 18.3 Å². The van der Waals surface area contributed by atoms with E-state index in [9.17, 15) is 13.2 Å². The van der Waals surface area contributed by atoms with Crippen LogP contribution in [0.1, 0.15) is 18.3 Å². The summed E-state index contributed by atoms with van der Waals surface area (Å²) < 4.78 is 38.9. The van der Waals surface area contributed by atoms with Crippen molar-refractivity contribution in [3.8, 4) is 0 Å². The molecule has 1 N–H and O–H groups in total. The summed E-state index contributed by atoms with van der Waals surface area (Å²) >= 11 is 0. The van der Waals surface area contributed by atoms with Crippen LogP contribution in [-0.4, -0.2) is 20.7 Å². The van der Waals surface area contributed by atoms with Gasteiger partial charge in [-0.25, -0.2) is 9.97 Å². The zero-order valence-corrected chi connectivity index (χ0v) is 12.5. The normalized spacial score (nSPS) is 12.4. The predicted molar refractivity (Wildman–Crippen MR) is 84.6 cm³/mol. The molecule has 0 aliphatic rings. The van der Waals surface area contributed by atoms with Gasteiger partial charge in [0.2, 0.25) is 5.82 Å². The van der Waals surface area contributed by atoms with Gasteiger partial charge in [0.25, 0.3) is 0 Å². The lowest BCUT2D eigenvalue weighted by molar-refractivity contribution is -0.144. The van der Waals surface area contributed by atoms with Gasteiger partial charge in [0.15, 0.2) is 5.82 Å². The average Bonchev–Trinajstić information content (AvgIpc) is 2.59. The van der Waals surface area contributed by atoms with Crippen LogP contribution in [0.3, 0.4) is 0 Å². The maximum Gasteiger partial charge on any atom is 0.451 e. The van der Waals surface area contributed by atoms with Crippen LogP contribution in [-0.2, 0) is 6.18 Å². The molecule has 0 bridgehead atoms. The number of halogens is 3. The molecule has 8 heteroatoms. The monoisotopic (exact) mass is 331 g/mol. The first-order valence-electron chi connectivity index (χ1n) is 7.00. The topological polar surface area (TPSA) is 63.1 Å². The Balaban J connectivity index is 2.02. The zero-order valence-electron chi connectivity index (χ0n) is 12.5. The van der Waals surface area contributed by atoms with E-state index in [1.54, 1.807) is 49.6 Å². The van der Waals surface area contributed by atoms with E-state index < -0.39 is 12.0 Å². The summed E-state index contributed by atoms with van der Waals surface area (Å²) in [7, 11) is 0. The molecule has 2 aromatic heterocycles. The second-order valence-corrected chi connectivity index (χ2v) is 4.96. The van der Waals surface area contributed by atoms with Gasteiger partial charge in [-0.3, -0.25) is 10.4 Å². The number of para-hydroxylation sites is 1.